The van der Waals surface area contributed by atoms with Crippen LogP contribution in [-0.2, 0) is 4.79 Å². The molecule has 0 saturated heterocycles. The van der Waals surface area contributed by atoms with Crippen LogP contribution >= 0.6 is 0 Å². The van der Waals surface area contributed by atoms with Crippen LogP contribution < -0.4 is 20.1 Å². The molecule has 0 aromatic heterocycles. The number of likely N-dealkylation sites (N-methyl/N-ethyl adjacent to an activating group) is 1. The maximum Gasteiger partial charge on any atom is 0.244 e. The summed E-state index contributed by atoms with van der Waals surface area (Å²) in [6.45, 7) is 4.59. The maximum absolute atomic E-state index is 11.5. The van der Waals surface area contributed by atoms with Gasteiger partial charge in [0.15, 0.2) is 11.5 Å². The Bertz CT molecular complexity index is 472. The predicted molar refractivity (Wildman–Crippen MR) is 73.2 cm³/mol. The van der Waals surface area contributed by atoms with Gasteiger partial charge < -0.3 is 20.1 Å². The number of rotatable bonds is 6. The van der Waals surface area contributed by atoms with Crippen molar-refractivity contribution in [3.05, 3.63) is 29.8 Å². The fraction of sp³-hybridized carbons (Fsp3) is 0.357. The second-order valence-corrected chi connectivity index (χ2v) is 4.09. The molecule has 19 heavy (non-hydrogen) atoms. The first-order valence-electron chi connectivity index (χ1n) is 6.36. The van der Waals surface area contributed by atoms with Gasteiger partial charge in [-0.1, -0.05) is 13.0 Å². The Morgan fingerprint density at radius 1 is 1.32 bits per heavy atom. The minimum absolute atomic E-state index is 0.101. The summed E-state index contributed by atoms with van der Waals surface area (Å²) in [6, 6.07) is 5.58. The Morgan fingerprint density at radius 3 is 3.00 bits per heavy atom. The largest absolute Gasteiger partial charge is 0.454 e. The monoisotopic (exact) mass is 262 g/mol. The van der Waals surface area contributed by atoms with Crippen LogP contribution in [0.3, 0.4) is 0 Å². The first-order chi connectivity index (χ1) is 9.29. The van der Waals surface area contributed by atoms with Crippen molar-refractivity contribution in [3.63, 3.8) is 0 Å². The molecule has 0 bridgehead atoms. The lowest BCUT2D eigenvalue weighted by molar-refractivity contribution is -0.116. The van der Waals surface area contributed by atoms with Gasteiger partial charge in [-0.05, 0) is 30.3 Å². The Balaban J connectivity index is 1.83. The molecule has 1 aromatic carbocycles. The summed E-state index contributed by atoms with van der Waals surface area (Å²) >= 11 is 0. The molecule has 1 aliphatic rings. The normalized spacial score (nSPS) is 12.9. The highest BCUT2D eigenvalue weighted by Crippen LogP contribution is 2.32. The quantitative estimate of drug-likeness (QED) is 0.596. The highest BCUT2D eigenvalue weighted by molar-refractivity contribution is 5.91. The fourth-order valence-electron chi connectivity index (χ4n) is 1.70. The van der Waals surface area contributed by atoms with Gasteiger partial charge in [0, 0.05) is 19.2 Å². The summed E-state index contributed by atoms with van der Waals surface area (Å²) in [5.41, 5.74) is 0.908. The molecule has 0 spiro atoms. The SMILES string of the molecule is CCNCCNC(=O)C=Cc1ccc2c(c1)OCO2. The van der Waals surface area contributed by atoms with Crippen LogP contribution in [0.1, 0.15) is 12.5 Å². The van der Waals surface area contributed by atoms with Crippen molar-refractivity contribution in [3.8, 4) is 11.5 Å². The summed E-state index contributed by atoms with van der Waals surface area (Å²) < 4.78 is 10.5. The minimum atomic E-state index is -0.101. The molecule has 1 aliphatic heterocycles. The lowest BCUT2D eigenvalue weighted by Gasteiger charge is -2.02. The van der Waals surface area contributed by atoms with Gasteiger partial charge in [0.25, 0.3) is 0 Å². The van der Waals surface area contributed by atoms with E-state index in [0.717, 1.165) is 30.2 Å². The number of ether oxygens (including phenoxy) is 2. The molecule has 1 heterocycles. The zero-order chi connectivity index (χ0) is 13.5. The Hall–Kier alpha value is -2.01. The minimum Gasteiger partial charge on any atom is -0.454 e. The van der Waals surface area contributed by atoms with E-state index in [1.165, 1.54) is 6.08 Å². The van der Waals surface area contributed by atoms with E-state index in [9.17, 15) is 4.79 Å². The smallest absolute Gasteiger partial charge is 0.244 e. The van der Waals surface area contributed by atoms with Crippen LogP contribution in [-0.4, -0.2) is 32.3 Å². The average Bonchev–Trinajstić information content (AvgIpc) is 2.89. The zero-order valence-electron chi connectivity index (χ0n) is 10.9. The second kappa shape index (κ2) is 6.80. The molecule has 0 atom stereocenters. The van der Waals surface area contributed by atoms with Crippen molar-refractivity contribution in [1.82, 2.24) is 10.6 Å². The van der Waals surface area contributed by atoms with Crippen LogP contribution in [0.2, 0.25) is 0 Å². The molecule has 5 heteroatoms. The standard InChI is InChI=1S/C14H18N2O3/c1-2-15-7-8-16-14(17)6-4-11-3-5-12-13(9-11)19-10-18-12/h3-6,9,15H,2,7-8,10H2,1H3,(H,16,17). The first-order valence-corrected chi connectivity index (χ1v) is 6.36. The van der Waals surface area contributed by atoms with Crippen molar-refractivity contribution < 1.29 is 14.3 Å². The summed E-state index contributed by atoms with van der Waals surface area (Å²) in [6.07, 6.45) is 3.27. The van der Waals surface area contributed by atoms with Gasteiger partial charge in [-0.15, -0.1) is 0 Å². The molecular weight excluding hydrogens is 244 g/mol. The van der Waals surface area contributed by atoms with E-state index in [4.69, 9.17) is 9.47 Å². The van der Waals surface area contributed by atoms with Crippen molar-refractivity contribution in [2.75, 3.05) is 26.4 Å². The van der Waals surface area contributed by atoms with Gasteiger partial charge in [0.05, 0.1) is 0 Å². The predicted octanol–water partition coefficient (Wildman–Crippen LogP) is 1.15. The third kappa shape index (κ3) is 3.99. The summed E-state index contributed by atoms with van der Waals surface area (Å²) in [5.74, 6) is 1.36. The molecule has 1 aromatic rings. The van der Waals surface area contributed by atoms with Gasteiger partial charge >= 0.3 is 0 Å². The molecule has 0 unspecified atom stereocenters. The number of benzene rings is 1. The van der Waals surface area contributed by atoms with Crippen LogP contribution in [0, 0.1) is 0 Å². The van der Waals surface area contributed by atoms with Crippen molar-refractivity contribution in [2.45, 2.75) is 6.92 Å². The van der Waals surface area contributed by atoms with E-state index in [2.05, 4.69) is 10.6 Å². The molecule has 1 amide bonds. The first kappa shape index (κ1) is 13.4. The van der Waals surface area contributed by atoms with Crippen molar-refractivity contribution >= 4 is 12.0 Å². The van der Waals surface area contributed by atoms with Crippen LogP contribution in [0.4, 0.5) is 0 Å². The van der Waals surface area contributed by atoms with Gasteiger partial charge in [0.2, 0.25) is 12.7 Å². The summed E-state index contributed by atoms with van der Waals surface area (Å²) in [7, 11) is 0. The third-order valence-electron chi connectivity index (χ3n) is 2.67. The number of fused-ring (bicyclic) bond motifs is 1. The molecule has 0 radical (unpaired) electrons. The van der Waals surface area contributed by atoms with Crippen LogP contribution in [0.5, 0.6) is 11.5 Å². The molecular formula is C14H18N2O3. The van der Waals surface area contributed by atoms with Crippen LogP contribution in [0.15, 0.2) is 24.3 Å². The lowest BCUT2D eigenvalue weighted by Crippen LogP contribution is -2.30. The van der Waals surface area contributed by atoms with Crippen LogP contribution in [0.25, 0.3) is 6.08 Å². The van der Waals surface area contributed by atoms with Gasteiger partial charge in [-0.25, -0.2) is 0 Å². The number of hydrogen-bond acceptors (Lipinski definition) is 4. The molecule has 102 valence electrons. The van der Waals surface area contributed by atoms with E-state index in [-0.39, 0.29) is 12.7 Å². The number of hydrogen-bond donors (Lipinski definition) is 2. The number of carbonyl (C=O) groups is 1. The third-order valence-corrected chi connectivity index (χ3v) is 2.67. The molecule has 2 N–H and O–H groups in total. The molecule has 0 aliphatic carbocycles. The Kier molecular flexibility index (Phi) is 4.80. The van der Waals surface area contributed by atoms with E-state index in [1.807, 2.05) is 25.1 Å². The average molecular weight is 262 g/mol. The van der Waals surface area contributed by atoms with E-state index in [1.54, 1.807) is 6.08 Å². The number of amides is 1. The number of nitrogens with one attached hydrogen (secondary N) is 2. The molecule has 2 rings (SSSR count). The van der Waals surface area contributed by atoms with Gasteiger partial charge in [-0.2, -0.15) is 0 Å². The van der Waals surface area contributed by atoms with E-state index < -0.39 is 0 Å². The second-order valence-electron chi connectivity index (χ2n) is 4.09. The van der Waals surface area contributed by atoms with Crippen molar-refractivity contribution in [2.24, 2.45) is 0 Å². The van der Waals surface area contributed by atoms with E-state index in [0.29, 0.717) is 6.54 Å². The van der Waals surface area contributed by atoms with E-state index >= 15 is 0 Å². The lowest BCUT2D eigenvalue weighted by atomic mass is 10.2. The zero-order valence-corrected chi connectivity index (χ0v) is 10.9. The highest BCUT2D eigenvalue weighted by Gasteiger charge is 2.12. The topological polar surface area (TPSA) is 59.6 Å². The molecule has 0 saturated carbocycles. The molecule has 0 fully saturated rings. The Labute approximate surface area is 112 Å². The number of carbonyl (C=O) groups excluding carboxylic acids is 1. The summed E-state index contributed by atoms with van der Waals surface area (Å²) in [5, 5.41) is 5.93. The highest BCUT2D eigenvalue weighted by atomic mass is 16.7. The molecule has 5 nitrogen and oxygen atoms in total. The summed E-state index contributed by atoms with van der Waals surface area (Å²) in [4.78, 5) is 11.5. The van der Waals surface area contributed by atoms with Gasteiger partial charge in [-0.3, -0.25) is 4.79 Å². The fourth-order valence-corrected chi connectivity index (χ4v) is 1.70. The Morgan fingerprint density at radius 2 is 2.16 bits per heavy atom. The van der Waals surface area contributed by atoms with Gasteiger partial charge in [0.1, 0.15) is 0 Å². The van der Waals surface area contributed by atoms with Crippen molar-refractivity contribution in [1.29, 1.82) is 0 Å². The maximum atomic E-state index is 11.5.